The first-order valence-electron chi connectivity index (χ1n) is 11.9. The standard InChI is InChI=1S/C26H26N4O8/c1-37-13-21(32)27-11-15-5-7-16(8-6-15)12-28-22(33)14-38-19-4-2-3-17-23(19)26(36)30(25(17)35)18-9-10-20(31)29-24(18)34/h2-8,18H,9-14H2,1H3,(H,27,32)(H,28,33)(H,29,31,34). The first-order chi connectivity index (χ1) is 18.3. The summed E-state index contributed by atoms with van der Waals surface area (Å²) >= 11 is 0. The number of nitrogens with zero attached hydrogens (tertiary/aromatic N) is 1. The highest BCUT2D eigenvalue weighted by molar-refractivity contribution is 6.24. The fourth-order valence-electron chi connectivity index (χ4n) is 4.16. The zero-order chi connectivity index (χ0) is 27.2. The van der Waals surface area contributed by atoms with Gasteiger partial charge in [-0.2, -0.15) is 0 Å². The van der Waals surface area contributed by atoms with Crippen molar-refractivity contribution in [1.82, 2.24) is 20.9 Å². The molecule has 0 saturated carbocycles. The Morgan fingerprint density at radius 1 is 0.921 bits per heavy atom. The Hall–Kier alpha value is -4.58. The molecule has 2 heterocycles. The second kappa shape index (κ2) is 11.6. The van der Waals surface area contributed by atoms with E-state index in [0.717, 1.165) is 16.0 Å². The second-order valence-corrected chi connectivity index (χ2v) is 8.72. The smallest absolute Gasteiger partial charge is 0.266 e. The van der Waals surface area contributed by atoms with E-state index in [-0.39, 0.29) is 48.8 Å². The fourth-order valence-corrected chi connectivity index (χ4v) is 4.16. The molecule has 0 aromatic heterocycles. The van der Waals surface area contributed by atoms with Crippen LogP contribution in [-0.4, -0.2) is 66.7 Å². The predicted molar refractivity (Wildman–Crippen MR) is 131 cm³/mol. The summed E-state index contributed by atoms with van der Waals surface area (Å²) in [5.41, 5.74) is 1.75. The molecule has 38 heavy (non-hydrogen) atoms. The summed E-state index contributed by atoms with van der Waals surface area (Å²) in [4.78, 5) is 74.4. The molecule has 198 valence electrons. The van der Waals surface area contributed by atoms with Crippen LogP contribution in [0, 0.1) is 0 Å². The van der Waals surface area contributed by atoms with Crippen molar-refractivity contribution in [3.05, 3.63) is 64.7 Å². The molecule has 0 spiro atoms. The van der Waals surface area contributed by atoms with Gasteiger partial charge in [0.2, 0.25) is 17.7 Å². The van der Waals surface area contributed by atoms with E-state index in [2.05, 4.69) is 16.0 Å². The summed E-state index contributed by atoms with van der Waals surface area (Å²) in [5.74, 6) is -3.16. The Morgan fingerprint density at radius 2 is 1.55 bits per heavy atom. The number of ether oxygens (including phenoxy) is 2. The summed E-state index contributed by atoms with van der Waals surface area (Å²) in [7, 11) is 1.44. The Labute approximate surface area is 217 Å². The lowest BCUT2D eigenvalue weighted by molar-refractivity contribution is -0.136. The van der Waals surface area contributed by atoms with Gasteiger partial charge in [-0.05, 0) is 29.7 Å². The van der Waals surface area contributed by atoms with E-state index >= 15 is 0 Å². The molecule has 0 aliphatic carbocycles. The lowest BCUT2D eigenvalue weighted by Crippen LogP contribution is -2.54. The normalized spacial score (nSPS) is 16.7. The number of methoxy groups -OCH3 is 1. The van der Waals surface area contributed by atoms with Crippen LogP contribution < -0.4 is 20.7 Å². The van der Waals surface area contributed by atoms with Crippen molar-refractivity contribution in [2.24, 2.45) is 0 Å². The zero-order valence-corrected chi connectivity index (χ0v) is 20.6. The fraction of sp³-hybridized carbons (Fsp3) is 0.308. The van der Waals surface area contributed by atoms with Gasteiger partial charge in [0.25, 0.3) is 17.7 Å². The molecule has 1 saturated heterocycles. The number of nitrogens with one attached hydrogen (secondary N) is 3. The number of piperidine rings is 1. The van der Waals surface area contributed by atoms with Gasteiger partial charge in [0.15, 0.2) is 6.61 Å². The van der Waals surface area contributed by atoms with Crippen molar-refractivity contribution in [2.75, 3.05) is 20.3 Å². The van der Waals surface area contributed by atoms with Crippen molar-refractivity contribution in [3.63, 3.8) is 0 Å². The second-order valence-electron chi connectivity index (χ2n) is 8.72. The van der Waals surface area contributed by atoms with E-state index in [1.807, 2.05) is 24.3 Å². The molecule has 3 N–H and O–H groups in total. The average molecular weight is 523 g/mol. The van der Waals surface area contributed by atoms with Gasteiger partial charge >= 0.3 is 0 Å². The van der Waals surface area contributed by atoms with E-state index in [0.29, 0.717) is 6.54 Å². The predicted octanol–water partition coefficient (Wildman–Crippen LogP) is 0.0456. The molecule has 1 fully saturated rings. The van der Waals surface area contributed by atoms with Crippen molar-refractivity contribution >= 4 is 35.4 Å². The van der Waals surface area contributed by atoms with E-state index < -0.39 is 42.2 Å². The lowest BCUT2D eigenvalue weighted by Gasteiger charge is -2.27. The minimum absolute atomic E-state index is 0.0134. The molecule has 6 amide bonds. The Bertz CT molecular complexity index is 1290. The molecule has 0 radical (unpaired) electrons. The highest BCUT2D eigenvalue weighted by Gasteiger charge is 2.46. The third-order valence-electron chi connectivity index (χ3n) is 6.07. The van der Waals surface area contributed by atoms with Gasteiger partial charge < -0.3 is 20.1 Å². The summed E-state index contributed by atoms with van der Waals surface area (Å²) in [6, 6.07) is 10.6. The quantitative estimate of drug-likeness (QED) is 0.369. The van der Waals surface area contributed by atoms with Crippen LogP contribution in [0.3, 0.4) is 0 Å². The van der Waals surface area contributed by atoms with E-state index in [4.69, 9.17) is 9.47 Å². The maximum Gasteiger partial charge on any atom is 0.266 e. The van der Waals surface area contributed by atoms with E-state index in [9.17, 15) is 28.8 Å². The van der Waals surface area contributed by atoms with Gasteiger partial charge in [-0.25, -0.2) is 0 Å². The summed E-state index contributed by atoms with van der Waals surface area (Å²) in [5, 5.41) is 7.58. The summed E-state index contributed by atoms with van der Waals surface area (Å²) in [6.45, 7) is 0.166. The number of amides is 6. The number of hydrogen-bond donors (Lipinski definition) is 3. The first-order valence-corrected chi connectivity index (χ1v) is 11.9. The van der Waals surface area contributed by atoms with E-state index in [1.165, 1.54) is 25.3 Å². The van der Waals surface area contributed by atoms with Crippen LogP contribution in [-0.2, 0) is 37.0 Å². The molecule has 4 rings (SSSR count). The monoisotopic (exact) mass is 522 g/mol. The number of carbonyl (C=O) groups is 6. The largest absolute Gasteiger partial charge is 0.483 e. The maximum atomic E-state index is 13.1. The minimum atomic E-state index is -1.09. The van der Waals surface area contributed by atoms with Crippen LogP contribution in [0.2, 0.25) is 0 Å². The highest BCUT2D eigenvalue weighted by Crippen LogP contribution is 2.33. The number of fused-ring (bicyclic) bond motifs is 1. The number of benzene rings is 2. The molecular formula is C26H26N4O8. The van der Waals surface area contributed by atoms with Crippen molar-refractivity contribution in [1.29, 1.82) is 0 Å². The van der Waals surface area contributed by atoms with Gasteiger partial charge in [-0.3, -0.25) is 39.0 Å². The molecule has 2 aliphatic rings. The molecule has 1 unspecified atom stereocenters. The van der Waals surface area contributed by atoms with Crippen molar-refractivity contribution in [2.45, 2.75) is 32.0 Å². The van der Waals surface area contributed by atoms with Gasteiger partial charge in [0.1, 0.15) is 18.4 Å². The van der Waals surface area contributed by atoms with Crippen LogP contribution >= 0.6 is 0 Å². The van der Waals surface area contributed by atoms with Crippen LogP contribution in [0.5, 0.6) is 5.75 Å². The third-order valence-corrected chi connectivity index (χ3v) is 6.07. The molecular weight excluding hydrogens is 496 g/mol. The Kier molecular flexibility index (Phi) is 8.12. The Balaban J connectivity index is 1.31. The van der Waals surface area contributed by atoms with Crippen LogP contribution in [0.1, 0.15) is 44.7 Å². The van der Waals surface area contributed by atoms with Crippen LogP contribution in [0.25, 0.3) is 0 Å². The maximum absolute atomic E-state index is 13.1. The topological polar surface area (TPSA) is 160 Å². The molecule has 2 aromatic rings. The van der Waals surface area contributed by atoms with Crippen LogP contribution in [0.4, 0.5) is 0 Å². The Morgan fingerprint density at radius 3 is 2.16 bits per heavy atom. The number of rotatable bonds is 10. The third kappa shape index (κ3) is 5.86. The van der Waals surface area contributed by atoms with E-state index in [1.54, 1.807) is 0 Å². The molecule has 0 bridgehead atoms. The SMILES string of the molecule is COCC(=O)NCc1ccc(CNC(=O)COc2cccc3c2C(=O)N(C2CCC(=O)NC2=O)C3=O)cc1. The average Bonchev–Trinajstić information content (AvgIpc) is 3.16. The van der Waals surface area contributed by atoms with Gasteiger partial charge in [0.05, 0.1) is 11.1 Å². The number of carbonyl (C=O) groups excluding carboxylic acids is 6. The number of hydrogen-bond acceptors (Lipinski definition) is 8. The van der Waals surface area contributed by atoms with Crippen molar-refractivity contribution in [3.8, 4) is 5.75 Å². The molecule has 12 nitrogen and oxygen atoms in total. The molecule has 12 heteroatoms. The highest BCUT2D eigenvalue weighted by atomic mass is 16.5. The molecule has 1 atom stereocenters. The summed E-state index contributed by atoms with van der Waals surface area (Å²) < 4.78 is 10.3. The van der Waals surface area contributed by atoms with Gasteiger partial charge in [-0.1, -0.05) is 30.3 Å². The number of imide groups is 2. The van der Waals surface area contributed by atoms with Gasteiger partial charge in [0, 0.05) is 26.6 Å². The van der Waals surface area contributed by atoms with Crippen molar-refractivity contribution < 1.29 is 38.2 Å². The minimum Gasteiger partial charge on any atom is -0.483 e. The first kappa shape index (κ1) is 26.5. The zero-order valence-electron chi connectivity index (χ0n) is 20.6. The molecule has 2 aromatic carbocycles. The van der Waals surface area contributed by atoms with Gasteiger partial charge in [-0.15, -0.1) is 0 Å². The molecule has 2 aliphatic heterocycles. The lowest BCUT2D eigenvalue weighted by atomic mass is 10.0. The van der Waals surface area contributed by atoms with Crippen LogP contribution in [0.15, 0.2) is 42.5 Å². The summed E-state index contributed by atoms with van der Waals surface area (Å²) in [6.07, 6.45) is 0.0547.